The summed E-state index contributed by atoms with van der Waals surface area (Å²) in [6, 6.07) is 3.61. The second-order valence-electron chi connectivity index (χ2n) is 4.15. The van der Waals surface area contributed by atoms with E-state index in [2.05, 4.69) is 5.92 Å². The number of carbonyl (C=O) groups is 2. The van der Waals surface area contributed by atoms with E-state index in [-0.39, 0.29) is 18.6 Å². The summed E-state index contributed by atoms with van der Waals surface area (Å²) in [5, 5.41) is 0. The van der Waals surface area contributed by atoms with Gasteiger partial charge in [0.05, 0.1) is 12.2 Å². The third-order valence-electron chi connectivity index (χ3n) is 2.71. The number of hydrogen-bond acceptors (Lipinski definition) is 3. The number of carbonyl (C=O) groups excluding carboxylic acids is 2. The van der Waals surface area contributed by atoms with Gasteiger partial charge in [0.1, 0.15) is 5.92 Å². The molecule has 0 fully saturated rings. The summed E-state index contributed by atoms with van der Waals surface area (Å²) in [6.07, 6.45) is 0.449. The first-order chi connectivity index (χ1) is 9.81. The topological polar surface area (TPSA) is 43.4 Å². The standard InChI is InChI=1S/C15H13F3O3/c1-3-5-12(14(20)21-4-2)13(19)10-6-8-11(9-7-10)15(16,17)18/h1,6-9,12H,4-5H2,2H3. The third kappa shape index (κ3) is 4.35. The number of rotatable bonds is 5. The Balaban J connectivity index is 2.99. The fourth-order valence-electron chi connectivity index (χ4n) is 1.67. The van der Waals surface area contributed by atoms with Gasteiger partial charge in [0.15, 0.2) is 5.78 Å². The zero-order valence-corrected chi connectivity index (χ0v) is 11.2. The number of terminal acetylenes is 1. The molecule has 21 heavy (non-hydrogen) atoms. The fraction of sp³-hybridized carbons (Fsp3) is 0.333. The molecule has 0 aliphatic heterocycles. The van der Waals surface area contributed by atoms with Crippen LogP contribution in [0.15, 0.2) is 24.3 Å². The number of ketones is 1. The van der Waals surface area contributed by atoms with Crippen LogP contribution in [0.4, 0.5) is 13.2 Å². The van der Waals surface area contributed by atoms with E-state index in [9.17, 15) is 22.8 Å². The summed E-state index contributed by atoms with van der Waals surface area (Å²) in [6.45, 7) is 1.66. The molecule has 0 spiro atoms. The van der Waals surface area contributed by atoms with Crippen LogP contribution in [0.3, 0.4) is 0 Å². The number of alkyl halides is 3. The van der Waals surface area contributed by atoms with Crippen LogP contribution in [0.5, 0.6) is 0 Å². The molecule has 3 nitrogen and oxygen atoms in total. The average molecular weight is 298 g/mol. The van der Waals surface area contributed by atoms with Gasteiger partial charge >= 0.3 is 12.1 Å². The Morgan fingerprint density at radius 3 is 2.29 bits per heavy atom. The van der Waals surface area contributed by atoms with Gasteiger partial charge in [-0.3, -0.25) is 9.59 Å². The van der Waals surface area contributed by atoms with Crippen molar-refractivity contribution in [3.05, 3.63) is 35.4 Å². The van der Waals surface area contributed by atoms with Gasteiger partial charge in [0.25, 0.3) is 0 Å². The van der Waals surface area contributed by atoms with E-state index in [1.54, 1.807) is 6.92 Å². The summed E-state index contributed by atoms with van der Waals surface area (Å²) in [4.78, 5) is 23.8. The van der Waals surface area contributed by atoms with Crippen LogP contribution in [0, 0.1) is 18.3 Å². The minimum Gasteiger partial charge on any atom is -0.465 e. The number of esters is 1. The zero-order valence-electron chi connectivity index (χ0n) is 11.2. The first kappa shape index (κ1) is 16.8. The lowest BCUT2D eigenvalue weighted by Crippen LogP contribution is -2.26. The Morgan fingerprint density at radius 1 is 1.29 bits per heavy atom. The molecular weight excluding hydrogens is 285 g/mol. The zero-order chi connectivity index (χ0) is 16.0. The molecule has 0 heterocycles. The van der Waals surface area contributed by atoms with E-state index in [0.29, 0.717) is 0 Å². The molecule has 0 N–H and O–H groups in total. The number of halogens is 3. The smallest absolute Gasteiger partial charge is 0.416 e. The van der Waals surface area contributed by atoms with E-state index < -0.39 is 29.4 Å². The maximum atomic E-state index is 12.4. The summed E-state index contributed by atoms with van der Waals surface area (Å²) in [7, 11) is 0. The summed E-state index contributed by atoms with van der Waals surface area (Å²) < 4.78 is 42.1. The van der Waals surface area contributed by atoms with Crippen molar-refractivity contribution in [2.45, 2.75) is 19.5 Å². The van der Waals surface area contributed by atoms with Crippen LogP contribution in [0.2, 0.25) is 0 Å². The third-order valence-corrected chi connectivity index (χ3v) is 2.71. The lowest BCUT2D eigenvalue weighted by atomic mass is 9.94. The van der Waals surface area contributed by atoms with Crippen LogP contribution in [0.1, 0.15) is 29.3 Å². The van der Waals surface area contributed by atoms with E-state index in [1.807, 2.05) is 0 Å². The van der Waals surface area contributed by atoms with Crippen molar-refractivity contribution in [1.82, 2.24) is 0 Å². The highest BCUT2D eigenvalue weighted by Crippen LogP contribution is 2.29. The predicted molar refractivity (Wildman–Crippen MR) is 69.3 cm³/mol. The summed E-state index contributed by atoms with van der Waals surface area (Å²) in [5.74, 6) is -0.441. The molecule has 1 unspecified atom stereocenters. The summed E-state index contributed by atoms with van der Waals surface area (Å²) in [5.41, 5.74) is -0.889. The number of benzene rings is 1. The van der Waals surface area contributed by atoms with E-state index >= 15 is 0 Å². The lowest BCUT2D eigenvalue weighted by molar-refractivity contribution is -0.146. The van der Waals surface area contributed by atoms with Crippen LogP contribution in [0.25, 0.3) is 0 Å². The normalized spacial score (nSPS) is 12.3. The van der Waals surface area contributed by atoms with Gasteiger partial charge in [0.2, 0.25) is 0 Å². The predicted octanol–water partition coefficient (Wildman–Crippen LogP) is 3.09. The SMILES string of the molecule is C#CCC(C(=O)OCC)C(=O)c1ccc(C(F)(F)F)cc1. The second kappa shape index (κ2) is 6.93. The van der Waals surface area contributed by atoms with E-state index in [1.165, 1.54) is 0 Å². The molecular formula is C15H13F3O3. The molecule has 0 aliphatic carbocycles. The van der Waals surface area contributed by atoms with Crippen molar-refractivity contribution in [2.24, 2.45) is 5.92 Å². The number of hydrogen-bond donors (Lipinski definition) is 0. The average Bonchev–Trinajstić information content (AvgIpc) is 2.43. The quantitative estimate of drug-likeness (QED) is 0.363. The molecule has 0 aromatic heterocycles. The van der Waals surface area contributed by atoms with Gasteiger partial charge in [-0.05, 0) is 19.1 Å². The van der Waals surface area contributed by atoms with Crippen LogP contribution in [-0.4, -0.2) is 18.4 Å². The van der Waals surface area contributed by atoms with Gasteiger partial charge in [-0.25, -0.2) is 0 Å². The molecule has 0 saturated carbocycles. The maximum Gasteiger partial charge on any atom is 0.416 e. The first-order valence-electron chi connectivity index (χ1n) is 6.12. The molecule has 6 heteroatoms. The molecule has 1 aromatic rings. The molecule has 112 valence electrons. The first-order valence-corrected chi connectivity index (χ1v) is 6.12. The largest absolute Gasteiger partial charge is 0.465 e. The maximum absolute atomic E-state index is 12.4. The molecule has 0 saturated heterocycles. The van der Waals surface area contributed by atoms with E-state index in [4.69, 9.17) is 11.2 Å². The monoisotopic (exact) mass is 298 g/mol. The van der Waals surface area contributed by atoms with Gasteiger partial charge in [0, 0.05) is 12.0 Å². The molecule has 0 bridgehead atoms. The van der Waals surface area contributed by atoms with Crippen molar-refractivity contribution in [1.29, 1.82) is 0 Å². The van der Waals surface area contributed by atoms with Crippen LogP contribution in [-0.2, 0) is 15.7 Å². The highest BCUT2D eigenvalue weighted by molar-refractivity contribution is 6.08. The highest BCUT2D eigenvalue weighted by Gasteiger charge is 2.32. The van der Waals surface area contributed by atoms with Gasteiger partial charge in [-0.15, -0.1) is 12.3 Å². The van der Waals surface area contributed by atoms with E-state index in [0.717, 1.165) is 24.3 Å². The van der Waals surface area contributed by atoms with Gasteiger partial charge in [-0.2, -0.15) is 13.2 Å². The minimum atomic E-state index is -4.49. The van der Waals surface area contributed by atoms with Crippen molar-refractivity contribution in [3.8, 4) is 12.3 Å². The fourth-order valence-corrected chi connectivity index (χ4v) is 1.67. The van der Waals surface area contributed by atoms with Gasteiger partial charge in [-0.1, -0.05) is 12.1 Å². The molecule has 0 amide bonds. The second-order valence-corrected chi connectivity index (χ2v) is 4.15. The Morgan fingerprint density at radius 2 is 1.86 bits per heavy atom. The lowest BCUT2D eigenvalue weighted by Gasteiger charge is -2.13. The minimum absolute atomic E-state index is 0.0173. The van der Waals surface area contributed by atoms with Crippen molar-refractivity contribution in [3.63, 3.8) is 0 Å². The Labute approximate surface area is 120 Å². The van der Waals surface area contributed by atoms with Crippen molar-refractivity contribution >= 4 is 11.8 Å². The summed E-state index contributed by atoms with van der Waals surface area (Å²) >= 11 is 0. The molecule has 0 aliphatic rings. The Bertz CT molecular complexity index is 553. The van der Waals surface area contributed by atoms with Crippen molar-refractivity contribution < 1.29 is 27.5 Å². The number of Topliss-reactive ketones (excluding diaryl/α,β-unsaturated/α-hetero) is 1. The van der Waals surface area contributed by atoms with Crippen LogP contribution >= 0.6 is 0 Å². The van der Waals surface area contributed by atoms with Crippen molar-refractivity contribution in [2.75, 3.05) is 6.61 Å². The molecule has 1 rings (SSSR count). The Hall–Kier alpha value is -2.29. The molecule has 0 radical (unpaired) electrons. The molecule has 1 atom stereocenters. The highest BCUT2D eigenvalue weighted by atomic mass is 19.4. The van der Waals surface area contributed by atoms with Crippen LogP contribution < -0.4 is 0 Å². The molecule has 1 aromatic carbocycles. The van der Waals surface area contributed by atoms with Gasteiger partial charge < -0.3 is 4.74 Å². The number of ether oxygens (including phenoxy) is 1. The Kier molecular flexibility index (Phi) is 5.53.